The molecule has 0 aliphatic heterocycles. The zero-order valence-electron chi connectivity index (χ0n) is 7.76. The summed E-state index contributed by atoms with van der Waals surface area (Å²) in [5.74, 6) is 0. The topological polar surface area (TPSA) is 72.8 Å². The highest BCUT2D eigenvalue weighted by Crippen LogP contribution is 2.08. The fourth-order valence-electron chi connectivity index (χ4n) is 0.817. The van der Waals surface area contributed by atoms with Crippen LogP contribution in [0.3, 0.4) is 0 Å². The van der Waals surface area contributed by atoms with Crippen LogP contribution in [0, 0.1) is 6.92 Å². The third kappa shape index (κ3) is 5.20. The molecule has 0 saturated carbocycles. The maximum atomic E-state index is 10.7. The highest BCUT2D eigenvalue weighted by molar-refractivity contribution is 7.86. The molecule has 0 saturated heterocycles. The Hall–Kier alpha value is -0.170. The fraction of sp³-hybridized carbons (Fsp3) is 0.857. The standard InChI is InChI=1S/C7H15O5S/c1-4-7(13(8,9)10)12-6(2)5-11-3/h6-7H,2,4-5H2,1,3H3,(H,8,9,10). The molecule has 5 nitrogen and oxygen atoms in total. The Balaban J connectivity index is 4.14. The van der Waals surface area contributed by atoms with Crippen molar-refractivity contribution in [1.82, 2.24) is 0 Å². The van der Waals surface area contributed by atoms with Crippen LogP contribution >= 0.6 is 0 Å². The van der Waals surface area contributed by atoms with Crippen LogP contribution in [0.5, 0.6) is 0 Å². The first-order valence-electron chi connectivity index (χ1n) is 3.85. The van der Waals surface area contributed by atoms with Gasteiger partial charge in [0.05, 0.1) is 12.7 Å². The van der Waals surface area contributed by atoms with Gasteiger partial charge in [-0.15, -0.1) is 0 Å². The van der Waals surface area contributed by atoms with Gasteiger partial charge in [-0.3, -0.25) is 4.55 Å². The molecule has 0 heterocycles. The number of rotatable bonds is 6. The molecule has 1 N–H and O–H groups in total. The van der Waals surface area contributed by atoms with Gasteiger partial charge in [-0.2, -0.15) is 8.42 Å². The number of hydrogen-bond donors (Lipinski definition) is 1. The maximum Gasteiger partial charge on any atom is 0.292 e. The molecule has 0 rings (SSSR count). The van der Waals surface area contributed by atoms with E-state index in [1.54, 1.807) is 6.92 Å². The molecule has 0 aromatic carbocycles. The molecule has 0 bridgehead atoms. The van der Waals surface area contributed by atoms with E-state index in [1.165, 1.54) is 7.11 Å². The summed E-state index contributed by atoms with van der Waals surface area (Å²) < 4.78 is 39.6. The number of ether oxygens (including phenoxy) is 2. The van der Waals surface area contributed by atoms with Gasteiger partial charge in [0.25, 0.3) is 10.1 Å². The summed E-state index contributed by atoms with van der Waals surface area (Å²) in [4.78, 5) is 0. The van der Waals surface area contributed by atoms with E-state index in [0.29, 0.717) is 0 Å². The predicted molar refractivity (Wildman–Crippen MR) is 47.7 cm³/mol. The second-order valence-corrected chi connectivity index (χ2v) is 4.12. The summed E-state index contributed by atoms with van der Waals surface area (Å²) in [7, 11) is -2.69. The average Bonchev–Trinajstić information content (AvgIpc) is 1.98. The predicted octanol–water partition coefficient (Wildman–Crippen LogP) is 0.476. The van der Waals surface area contributed by atoms with Crippen molar-refractivity contribution in [3.63, 3.8) is 0 Å². The molecule has 0 aromatic rings. The van der Waals surface area contributed by atoms with Crippen molar-refractivity contribution in [1.29, 1.82) is 0 Å². The van der Waals surface area contributed by atoms with Gasteiger partial charge in [0.2, 0.25) is 0 Å². The third-order valence-electron chi connectivity index (χ3n) is 1.36. The van der Waals surface area contributed by atoms with Gasteiger partial charge in [0.1, 0.15) is 0 Å². The molecule has 13 heavy (non-hydrogen) atoms. The van der Waals surface area contributed by atoms with Gasteiger partial charge in [0.15, 0.2) is 5.44 Å². The molecular formula is C7H15O5S. The Morgan fingerprint density at radius 2 is 2.08 bits per heavy atom. The number of hydrogen-bond acceptors (Lipinski definition) is 4. The van der Waals surface area contributed by atoms with E-state index < -0.39 is 21.7 Å². The monoisotopic (exact) mass is 211 g/mol. The Labute approximate surface area is 78.8 Å². The summed E-state index contributed by atoms with van der Waals surface area (Å²) >= 11 is 0. The van der Waals surface area contributed by atoms with Gasteiger partial charge >= 0.3 is 0 Å². The van der Waals surface area contributed by atoms with Crippen molar-refractivity contribution < 1.29 is 22.4 Å². The van der Waals surface area contributed by atoms with Gasteiger partial charge < -0.3 is 9.47 Å². The first kappa shape index (κ1) is 12.8. The zero-order chi connectivity index (χ0) is 10.5. The Morgan fingerprint density at radius 1 is 1.54 bits per heavy atom. The van der Waals surface area contributed by atoms with E-state index in [4.69, 9.17) is 14.0 Å². The van der Waals surface area contributed by atoms with Crippen LogP contribution in [0.15, 0.2) is 0 Å². The quantitative estimate of drug-likeness (QED) is 0.647. The number of methoxy groups -OCH3 is 1. The molecule has 0 amide bonds. The van der Waals surface area contributed by atoms with Crippen LogP contribution in [0.25, 0.3) is 0 Å². The van der Waals surface area contributed by atoms with Crippen LogP contribution in [0.1, 0.15) is 13.3 Å². The summed E-state index contributed by atoms with van der Waals surface area (Å²) in [5.41, 5.74) is -1.22. The Kier molecular flexibility index (Phi) is 5.46. The van der Waals surface area contributed by atoms with Crippen molar-refractivity contribution in [2.75, 3.05) is 13.7 Å². The van der Waals surface area contributed by atoms with E-state index in [9.17, 15) is 8.42 Å². The summed E-state index contributed by atoms with van der Waals surface area (Å²) in [5, 5.41) is 0. The minimum absolute atomic E-state index is 0.175. The molecule has 79 valence electrons. The van der Waals surface area contributed by atoms with E-state index in [2.05, 4.69) is 6.92 Å². The van der Waals surface area contributed by atoms with Crippen LogP contribution < -0.4 is 0 Å². The molecule has 0 spiro atoms. The second kappa shape index (κ2) is 5.54. The van der Waals surface area contributed by atoms with Crippen molar-refractivity contribution in [2.24, 2.45) is 0 Å². The molecule has 0 fully saturated rings. The van der Waals surface area contributed by atoms with Crippen molar-refractivity contribution in [3.8, 4) is 0 Å². The largest absolute Gasteiger partial charge is 0.382 e. The molecule has 2 atom stereocenters. The molecule has 0 aromatic heterocycles. The van der Waals surface area contributed by atoms with Gasteiger partial charge in [-0.25, -0.2) is 0 Å². The normalized spacial score (nSPS) is 16.9. The van der Waals surface area contributed by atoms with Crippen molar-refractivity contribution in [3.05, 3.63) is 6.92 Å². The molecular weight excluding hydrogens is 196 g/mol. The SMILES string of the molecule is [CH2]C(COC)OC(CC)S(=O)(=O)O. The Bertz CT molecular complexity index is 223. The lowest BCUT2D eigenvalue weighted by Gasteiger charge is -2.17. The summed E-state index contributed by atoms with van der Waals surface area (Å²) in [6.07, 6.45) is -0.425. The smallest absolute Gasteiger partial charge is 0.292 e. The van der Waals surface area contributed by atoms with Crippen LogP contribution in [-0.4, -0.2) is 38.2 Å². The van der Waals surface area contributed by atoms with E-state index in [0.717, 1.165) is 0 Å². The van der Waals surface area contributed by atoms with Gasteiger partial charge in [0, 0.05) is 7.11 Å². The van der Waals surface area contributed by atoms with Crippen LogP contribution in [-0.2, 0) is 19.6 Å². The van der Waals surface area contributed by atoms with Crippen molar-refractivity contribution >= 4 is 10.1 Å². The lowest BCUT2D eigenvalue weighted by Crippen LogP contribution is -2.29. The molecule has 2 unspecified atom stereocenters. The fourth-order valence-corrected chi connectivity index (χ4v) is 1.54. The Morgan fingerprint density at radius 3 is 2.38 bits per heavy atom. The minimum atomic E-state index is -4.15. The van der Waals surface area contributed by atoms with E-state index in [1.807, 2.05) is 0 Å². The maximum absolute atomic E-state index is 10.7. The molecule has 1 radical (unpaired) electrons. The molecule has 0 aliphatic carbocycles. The van der Waals surface area contributed by atoms with Crippen LogP contribution in [0.4, 0.5) is 0 Å². The van der Waals surface area contributed by atoms with Crippen LogP contribution in [0.2, 0.25) is 0 Å². The minimum Gasteiger partial charge on any atom is -0.382 e. The average molecular weight is 211 g/mol. The highest BCUT2D eigenvalue weighted by atomic mass is 32.2. The molecule has 0 aliphatic rings. The van der Waals surface area contributed by atoms with Gasteiger partial charge in [-0.1, -0.05) is 6.92 Å². The lowest BCUT2D eigenvalue weighted by atomic mass is 10.4. The zero-order valence-corrected chi connectivity index (χ0v) is 8.58. The summed E-state index contributed by atoms with van der Waals surface area (Å²) in [6.45, 7) is 5.29. The lowest BCUT2D eigenvalue weighted by molar-refractivity contribution is 0.00333. The van der Waals surface area contributed by atoms with Crippen molar-refractivity contribution in [2.45, 2.75) is 24.9 Å². The summed E-state index contributed by atoms with van der Waals surface area (Å²) in [6, 6.07) is 0. The van der Waals surface area contributed by atoms with E-state index >= 15 is 0 Å². The second-order valence-electron chi connectivity index (χ2n) is 2.57. The third-order valence-corrected chi connectivity index (χ3v) is 2.47. The highest BCUT2D eigenvalue weighted by Gasteiger charge is 2.23. The molecule has 6 heteroatoms. The van der Waals surface area contributed by atoms with Gasteiger partial charge in [-0.05, 0) is 13.3 Å². The van der Waals surface area contributed by atoms with E-state index in [-0.39, 0.29) is 13.0 Å². The first-order valence-corrected chi connectivity index (χ1v) is 5.36. The first-order chi connectivity index (χ1) is 5.91.